The Labute approximate surface area is 462 Å². The summed E-state index contributed by atoms with van der Waals surface area (Å²) in [6.45, 7) is 36.6. The minimum Gasteiger partial charge on any atom is -0.509 e. The third-order valence-electron chi connectivity index (χ3n) is 15.3. The molecule has 388 valence electrons. The minimum absolute atomic E-state index is 0. The molecule has 0 atom stereocenters. The maximum Gasteiger partial charge on any atom is 0.135 e. The van der Waals surface area contributed by atoms with Gasteiger partial charge < -0.3 is 19.1 Å². The number of pyridine rings is 1. The first-order valence-electron chi connectivity index (χ1n) is 26.6. The average Bonchev–Trinajstić information content (AvgIpc) is 3.91. The van der Waals surface area contributed by atoms with E-state index in [1.54, 1.807) is 0 Å². The van der Waals surface area contributed by atoms with Crippen LogP contribution in [0, 0.1) is 18.8 Å². The summed E-state index contributed by atoms with van der Waals surface area (Å²) in [4.78, 5) is 9.64. The van der Waals surface area contributed by atoms with E-state index in [-0.39, 0.29) is 42.7 Å². The molecule has 0 unspecified atom stereocenters. The molecule has 2 aromatic heterocycles. The van der Waals surface area contributed by atoms with Gasteiger partial charge >= 0.3 is 0 Å². The average molecular weight is 1170 g/mol. The minimum atomic E-state index is -0.213. The van der Waals surface area contributed by atoms with E-state index < -0.39 is 0 Å². The van der Waals surface area contributed by atoms with E-state index in [1.807, 2.05) is 18.3 Å². The molecule has 0 bridgehead atoms. The third kappa shape index (κ3) is 10.2. The van der Waals surface area contributed by atoms with Crippen LogP contribution in [-0.4, -0.2) is 9.55 Å². The van der Waals surface area contributed by atoms with E-state index >= 15 is 0 Å². The first-order valence-corrected chi connectivity index (χ1v) is 26.6. The summed E-state index contributed by atoms with van der Waals surface area (Å²) in [6.07, 6.45) is 1.93. The molecule has 0 aliphatic carbocycles. The fourth-order valence-electron chi connectivity index (χ4n) is 10.6. The van der Waals surface area contributed by atoms with Gasteiger partial charge in [-0.3, -0.25) is 0 Å². The molecule has 1 aliphatic heterocycles. The summed E-state index contributed by atoms with van der Waals surface area (Å²) < 4.78 is 9.12. The number of benzene rings is 7. The van der Waals surface area contributed by atoms with Crippen LogP contribution < -0.4 is 14.5 Å². The van der Waals surface area contributed by atoms with E-state index in [0.29, 0.717) is 23.3 Å². The van der Waals surface area contributed by atoms with Gasteiger partial charge in [-0.15, -0.1) is 48.1 Å². The fraction of sp³-hybridized carbons (Fsp3) is 0.304. The number of nitrogens with zero attached hydrogens (tertiary/aromatic N) is 4. The van der Waals surface area contributed by atoms with E-state index in [4.69, 9.17) is 9.72 Å². The Morgan fingerprint density at radius 1 is 0.507 bits per heavy atom. The molecule has 0 fully saturated rings. The summed E-state index contributed by atoms with van der Waals surface area (Å²) in [7, 11) is 0. The monoisotopic (exact) mass is 1170 g/mol. The molecule has 0 saturated heterocycles. The first-order chi connectivity index (χ1) is 35.0. The van der Waals surface area contributed by atoms with Crippen molar-refractivity contribution in [2.24, 2.45) is 0 Å². The van der Waals surface area contributed by atoms with E-state index in [2.05, 4.69) is 270 Å². The van der Waals surface area contributed by atoms with Crippen molar-refractivity contribution in [2.45, 2.75) is 137 Å². The van der Waals surface area contributed by atoms with Crippen LogP contribution in [0.5, 0.6) is 11.5 Å². The maximum atomic E-state index is 6.87. The van der Waals surface area contributed by atoms with Crippen LogP contribution in [0.4, 0.5) is 22.7 Å². The van der Waals surface area contributed by atoms with E-state index in [9.17, 15) is 0 Å². The molecule has 75 heavy (non-hydrogen) atoms. The van der Waals surface area contributed by atoms with Crippen molar-refractivity contribution in [2.75, 3.05) is 9.80 Å². The molecule has 0 saturated carbocycles. The Hall–Kier alpha value is -6.42. The maximum absolute atomic E-state index is 6.87. The van der Waals surface area contributed by atoms with Crippen LogP contribution in [0.3, 0.4) is 0 Å². The van der Waals surface area contributed by atoms with E-state index in [0.717, 1.165) is 50.4 Å². The van der Waals surface area contributed by atoms with Gasteiger partial charge in [0.25, 0.3) is 0 Å². The zero-order valence-electron chi connectivity index (χ0n) is 46.7. The Bertz CT molecular complexity index is 3500. The van der Waals surface area contributed by atoms with Gasteiger partial charge in [0.1, 0.15) is 5.82 Å². The largest absolute Gasteiger partial charge is 0.509 e. The van der Waals surface area contributed by atoms with Crippen LogP contribution in [0.15, 0.2) is 152 Å². The topological polar surface area (TPSA) is 33.5 Å². The number of anilines is 4. The van der Waals surface area contributed by atoms with Crippen LogP contribution in [0.2, 0.25) is 0 Å². The van der Waals surface area contributed by atoms with Crippen LogP contribution in [0.1, 0.15) is 155 Å². The molecule has 1 aliphatic rings. The number of ether oxygens (including phenoxy) is 1. The van der Waals surface area contributed by atoms with Gasteiger partial charge in [0, 0.05) is 66.8 Å². The number of fused-ring (bicyclic) bond motifs is 4. The fourth-order valence-corrected chi connectivity index (χ4v) is 10.6. The summed E-state index contributed by atoms with van der Waals surface area (Å²) in [5, 5.41) is 2.23. The van der Waals surface area contributed by atoms with E-state index in [1.165, 1.54) is 50.1 Å². The van der Waals surface area contributed by atoms with Gasteiger partial charge in [0.05, 0.1) is 0 Å². The van der Waals surface area contributed by atoms with Crippen LogP contribution in [0.25, 0.3) is 38.8 Å². The number of hydrogen-bond acceptors (Lipinski definition) is 4. The molecular weight excluding hydrogens is 1100 g/mol. The molecule has 6 heteroatoms. The second-order valence-electron chi connectivity index (χ2n) is 24.7. The molecule has 7 aromatic carbocycles. The molecule has 0 radical (unpaired) electrons. The summed E-state index contributed by atoms with van der Waals surface area (Å²) >= 11 is 0. The zero-order chi connectivity index (χ0) is 52.6. The Morgan fingerprint density at radius 3 is 1.79 bits per heavy atom. The summed E-state index contributed by atoms with van der Waals surface area (Å²) in [5.41, 5.74) is 17.4. The molecule has 5 nitrogen and oxygen atoms in total. The number of hydrogen-bond donors (Lipinski definition) is 0. The number of rotatable bonds is 10. The Balaban J connectivity index is 0.00000689. The molecule has 10 rings (SSSR count). The summed E-state index contributed by atoms with van der Waals surface area (Å²) in [5.74, 6) is 2.77. The molecular formula is C69H73N4OPt-3. The molecule has 9 aromatic rings. The molecule has 0 amide bonds. The van der Waals surface area contributed by atoms with Gasteiger partial charge in [0.2, 0.25) is 0 Å². The standard InChI is InChI=1S/C69H73N4O.Pt/c1-44(2)56-25-20-26-57(45(3)4)65(56)46-27-31-61-63(35-46)71(43-72(61)53-37-50(67(8,9)10)36-51(38-53)68(11,12)13)52-23-19-24-54(41-52)74-55-29-30-58-59-39-49(69(14,15)47-21-17-16-18-22-47)28-32-60(59)73(62(58)42-55)64-40-48(33-34-70-64)66(5,6)7;/h16-40,43-45H,1-15H3;/q-3;. The third-order valence-corrected chi connectivity index (χ3v) is 15.3. The Morgan fingerprint density at radius 2 is 1.15 bits per heavy atom. The van der Waals surface area contributed by atoms with Gasteiger partial charge in [0.15, 0.2) is 0 Å². The second kappa shape index (κ2) is 19.9. The van der Waals surface area contributed by atoms with Gasteiger partial charge in [-0.1, -0.05) is 182 Å². The summed E-state index contributed by atoms with van der Waals surface area (Å²) in [6, 6.07) is 60.8. The predicted molar refractivity (Wildman–Crippen MR) is 313 cm³/mol. The SMILES string of the molecule is CC(C)c1cccc(C(C)C)c1-c1ccc2c(c1)N(c1[c-]c(Oc3[c-]c4c(cc3)c3cc(C(C)(C)c5ccccc5)ccc3n4-c3cc(C(C)(C)C)ccn3)ccc1)[CH-]N2c1cc(C(C)(C)C)cc(C(C)(C)C)c1.[Pt]. The van der Waals surface area contributed by atoms with Crippen molar-refractivity contribution < 1.29 is 25.8 Å². The van der Waals surface area contributed by atoms with Crippen molar-refractivity contribution in [1.82, 2.24) is 9.55 Å². The quantitative estimate of drug-likeness (QED) is 0.128. The smallest absolute Gasteiger partial charge is 0.135 e. The molecule has 3 heterocycles. The van der Waals surface area contributed by atoms with Gasteiger partial charge in [-0.25, -0.2) is 4.98 Å². The zero-order valence-corrected chi connectivity index (χ0v) is 49.0. The van der Waals surface area contributed by atoms with Crippen molar-refractivity contribution in [3.05, 3.63) is 210 Å². The molecule has 0 spiro atoms. The predicted octanol–water partition coefficient (Wildman–Crippen LogP) is 19.1. The first kappa shape index (κ1) is 53.4. The van der Waals surface area contributed by atoms with Gasteiger partial charge in [-0.05, 0) is 126 Å². The van der Waals surface area contributed by atoms with Gasteiger partial charge in [-0.2, -0.15) is 12.1 Å². The number of aromatic nitrogens is 2. The van der Waals surface area contributed by atoms with Crippen molar-refractivity contribution in [3.8, 4) is 28.4 Å². The Kier molecular flexibility index (Phi) is 14.2. The normalized spacial score (nSPS) is 13.3. The van der Waals surface area contributed by atoms with Crippen molar-refractivity contribution in [1.29, 1.82) is 0 Å². The second-order valence-corrected chi connectivity index (χ2v) is 24.7. The van der Waals surface area contributed by atoms with Crippen molar-refractivity contribution >= 4 is 44.6 Å². The van der Waals surface area contributed by atoms with Crippen molar-refractivity contribution in [3.63, 3.8) is 0 Å². The van der Waals surface area contributed by atoms with Crippen LogP contribution >= 0.6 is 0 Å². The van der Waals surface area contributed by atoms with Crippen LogP contribution in [-0.2, 0) is 42.7 Å². The molecule has 0 N–H and O–H groups in total.